The second kappa shape index (κ2) is 7.60. The quantitative estimate of drug-likeness (QED) is 0.529. The maximum Gasteiger partial charge on any atom is 0.0700 e. The molecular weight excluding hydrogens is 260 g/mol. The first-order chi connectivity index (χ1) is 7.33. The van der Waals surface area contributed by atoms with Gasteiger partial charge in [0.2, 0.25) is 0 Å². The summed E-state index contributed by atoms with van der Waals surface area (Å²) in [5.74, 6) is 0. The number of methoxy groups -OCH3 is 1. The maximum atomic E-state index is 5.54. The number of hydrogen-bond acceptors (Lipinski definition) is 3. The summed E-state index contributed by atoms with van der Waals surface area (Å²) in [5.41, 5.74) is 0.297. The molecule has 1 fully saturated rings. The molecule has 0 N–H and O–H groups in total. The van der Waals surface area contributed by atoms with Crippen LogP contribution in [0.25, 0.3) is 0 Å². The Morgan fingerprint density at radius 1 is 1.33 bits per heavy atom. The van der Waals surface area contributed by atoms with Gasteiger partial charge in [-0.3, -0.25) is 0 Å². The van der Waals surface area contributed by atoms with E-state index in [2.05, 4.69) is 15.9 Å². The SMILES string of the molecule is COCCOCCC1(CBr)CCCOC1. The van der Waals surface area contributed by atoms with Gasteiger partial charge < -0.3 is 14.2 Å². The third-order valence-corrected chi connectivity index (χ3v) is 4.09. The van der Waals surface area contributed by atoms with Gasteiger partial charge in [0.15, 0.2) is 0 Å². The molecule has 4 heteroatoms. The second-order valence-electron chi connectivity index (χ2n) is 4.14. The van der Waals surface area contributed by atoms with E-state index >= 15 is 0 Å². The third kappa shape index (κ3) is 4.81. The number of hydrogen-bond donors (Lipinski definition) is 0. The van der Waals surface area contributed by atoms with Crippen molar-refractivity contribution < 1.29 is 14.2 Å². The van der Waals surface area contributed by atoms with Crippen LogP contribution >= 0.6 is 15.9 Å². The molecule has 0 amide bonds. The molecule has 0 radical (unpaired) electrons. The van der Waals surface area contributed by atoms with Gasteiger partial charge in [-0.15, -0.1) is 0 Å². The Morgan fingerprint density at radius 3 is 2.80 bits per heavy atom. The van der Waals surface area contributed by atoms with Crippen molar-refractivity contribution in [3.63, 3.8) is 0 Å². The summed E-state index contributed by atoms with van der Waals surface area (Å²) in [7, 11) is 1.69. The highest BCUT2D eigenvalue weighted by Crippen LogP contribution is 2.34. The predicted octanol–water partition coefficient (Wildman–Crippen LogP) is 2.23. The fourth-order valence-corrected chi connectivity index (χ4v) is 2.54. The van der Waals surface area contributed by atoms with Gasteiger partial charge in [-0.1, -0.05) is 15.9 Å². The lowest BCUT2D eigenvalue weighted by Crippen LogP contribution is -2.34. The molecule has 90 valence electrons. The van der Waals surface area contributed by atoms with Gasteiger partial charge in [0.25, 0.3) is 0 Å². The minimum absolute atomic E-state index is 0.297. The Bertz CT molecular complexity index is 158. The highest BCUT2D eigenvalue weighted by Gasteiger charge is 2.31. The molecule has 3 nitrogen and oxygen atoms in total. The average Bonchev–Trinajstić information content (AvgIpc) is 2.30. The van der Waals surface area contributed by atoms with Crippen LogP contribution in [0.1, 0.15) is 19.3 Å². The van der Waals surface area contributed by atoms with Gasteiger partial charge >= 0.3 is 0 Å². The molecule has 1 saturated heterocycles. The number of alkyl halides is 1. The lowest BCUT2D eigenvalue weighted by atomic mass is 9.82. The minimum atomic E-state index is 0.297. The van der Waals surface area contributed by atoms with Crippen molar-refractivity contribution in [3.8, 4) is 0 Å². The molecule has 0 aromatic rings. The van der Waals surface area contributed by atoms with Crippen LogP contribution in [0.3, 0.4) is 0 Å². The fourth-order valence-electron chi connectivity index (χ4n) is 1.81. The van der Waals surface area contributed by atoms with Crippen molar-refractivity contribution in [1.29, 1.82) is 0 Å². The van der Waals surface area contributed by atoms with Crippen LogP contribution in [0.2, 0.25) is 0 Å². The van der Waals surface area contributed by atoms with Gasteiger partial charge in [0, 0.05) is 31.1 Å². The first-order valence-corrected chi connectivity index (χ1v) is 6.65. The lowest BCUT2D eigenvalue weighted by molar-refractivity contribution is -0.0187. The van der Waals surface area contributed by atoms with E-state index in [1.54, 1.807) is 7.11 Å². The molecule has 0 aromatic heterocycles. The van der Waals surface area contributed by atoms with Crippen molar-refractivity contribution >= 4 is 15.9 Å². The van der Waals surface area contributed by atoms with Crippen molar-refractivity contribution in [2.45, 2.75) is 19.3 Å². The van der Waals surface area contributed by atoms with Crippen LogP contribution in [-0.4, -0.2) is 45.5 Å². The summed E-state index contributed by atoms with van der Waals surface area (Å²) in [6.45, 7) is 3.96. The zero-order valence-corrected chi connectivity index (χ0v) is 11.1. The Morgan fingerprint density at radius 2 is 2.20 bits per heavy atom. The first kappa shape index (κ1) is 13.4. The van der Waals surface area contributed by atoms with Crippen molar-refractivity contribution in [1.82, 2.24) is 0 Å². The first-order valence-electron chi connectivity index (χ1n) is 5.53. The van der Waals surface area contributed by atoms with Gasteiger partial charge in [0.05, 0.1) is 19.8 Å². The molecule has 0 saturated carbocycles. The largest absolute Gasteiger partial charge is 0.382 e. The summed E-state index contributed by atoms with van der Waals surface area (Å²) in [6.07, 6.45) is 3.48. The molecule has 1 heterocycles. The Hall–Kier alpha value is 0.360. The van der Waals surface area contributed by atoms with Crippen LogP contribution in [0.4, 0.5) is 0 Å². The highest BCUT2D eigenvalue weighted by atomic mass is 79.9. The van der Waals surface area contributed by atoms with Gasteiger partial charge in [-0.2, -0.15) is 0 Å². The lowest BCUT2D eigenvalue weighted by Gasteiger charge is -2.35. The fraction of sp³-hybridized carbons (Fsp3) is 1.00. The molecule has 1 atom stereocenters. The Labute approximate surface area is 101 Å². The smallest absolute Gasteiger partial charge is 0.0700 e. The standard InChI is InChI=1S/C11H21BrO3/c1-13-7-8-14-6-4-11(9-12)3-2-5-15-10-11/h2-10H2,1H3. The molecule has 0 aliphatic carbocycles. The predicted molar refractivity (Wildman–Crippen MR) is 63.6 cm³/mol. The summed E-state index contributed by atoms with van der Waals surface area (Å²) >= 11 is 3.59. The topological polar surface area (TPSA) is 27.7 Å². The Kier molecular flexibility index (Phi) is 6.81. The summed E-state index contributed by atoms with van der Waals surface area (Å²) in [4.78, 5) is 0. The van der Waals surface area contributed by atoms with E-state index in [-0.39, 0.29) is 0 Å². The van der Waals surface area contributed by atoms with Crippen LogP contribution in [0.15, 0.2) is 0 Å². The summed E-state index contributed by atoms with van der Waals surface area (Å²) in [6, 6.07) is 0. The summed E-state index contributed by atoms with van der Waals surface area (Å²) < 4.78 is 16.0. The van der Waals surface area contributed by atoms with Gasteiger partial charge in [-0.25, -0.2) is 0 Å². The van der Waals surface area contributed by atoms with Crippen LogP contribution in [0, 0.1) is 5.41 Å². The van der Waals surface area contributed by atoms with Crippen molar-refractivity contribution in [3.05, 3.63) is 0 Å². The number of ether oxygens (including phenoxy) is 3. The molecule has 1 aliphatic rings. The van der Waals surface area contributed by atoms with E-state index in [4.69, 9.17) is 14.2 Å². The molecule has 15 heavy (non-hydrogen) atoms. The maximum absolute atomic E-state index is 5.54. The molecule has 1 rings (SSSR count). The average molecular weight is 281 g/mol. The van der Waals surface area contributed by atoms with Gasteiger partial charge in [-0.05, 0) is 19.3 Å². The zero-order chi connectivity index (χ0) is 11.0. The van der Waals surface area contributed by atoms with Crippen LogP contribution in [-0.2, 0) is 14.2 Å². The van der Waals surface area contributed by atoms with Gasteiger partial charge in [0.1, 0.15) is 0 Å². The molecule has 0 bridgehead atoms. The van der Waals surface area contributed by atoms with E-state index in [0.717, 1.165) is 31.6 Å². The van der Waals surface area contributed by atoms with Crippen molar-refractivity contribution in [2.75, 3.05) is 45.5 Å². The number of halogens is 1. The zero-order valence-electron chi connectivity index (χ0n) is 9.47. The highest BCUT2D eigenvalue weighted by molar-refractivity contribution is 9.09. The van der Waals surface area contributed by atoms with E-state index < -0.39 is 0 Å². The van der Waals surface area contributed by atoms with Crippen LogP contribution < -0.4 is 0 Å². The Balaban J connectivity index is 2.15. The van der Waals surface area contributed by atoms with E-state index in [0.29, 0.717) is 18.6 Å². The third-order valence-electron chi connectivity index (χ3n) is 2.90. The summed E-state index contributed by atoms with van der Waals surface area (Å²) in [5, 5.41) is 1.01. The van der Waals surface area contributed by atoms with Crippen LogP contribution in [0.5, 0.6) is 0 Å². The minimum Gasteiger partial charge on any atom is -0.382 e. The molecule has 0 spiro atoms. The molecule has 0 aromatic carbocycles. The van der Waals surface area contributed by atoms with E-state index in [9.17, 15) is 0 Å². The monoisotopic (exact) mass is 280 g/mol. The normalized spacial score (nSPS) is 26.8. The molecule has 1 aliphatic heterocycles. The van der Waals surface area contributed by atoms with E-state index in [1.807, 2.05) is 0 Å². The van der Waals surface area contributed by atoms with E-state index in [1.165, 1.54) is 12.8 Å². The number of rotatable bonds is 7. The second-order valence-corrected chi connectivity index (χ2v) is 4.71. The molecular formula is C11H21BrO3. The molecule has 1 unspecified atom stereocenters. The van der Waals surface area contributed by atoms with Crippen molar-refractivity contribution in [2.24, 2.45) is 5.41 Å².